The minimum atomic E-state index is 0.424. The molecular weight excluding hydrogens is 322 g/mol. The van der Waals surface area contributed by atoms with Crippen LogP contribution in [0.1, 0.15) is 0 Å². The predicted octanol–water partition coefficient (Wildman–Crippen LogP) is 3.20. The molecule has 1 aromatic heterocycles. The van der Waals surface area contributed by atoms with Gasteiger partial charge in [0, 0.05) is 11.1 Å². The number of hydrogen-bond donors (Lipinski definition) is 2. The number of methoxy groups -OCH3 is 3. The second-order valence-corrected chi connectivity index (χ2v) is 5.28. The predicted molar refractivity (Wildman–Crippen MR) is 95.9 cm³/mol. The lowest BCUT2D eigenvalue weighted by atomic mass is 10.0. The van der Waals surface area contributed by atoms with E-state index < -0.39 is 0 Å². The Morgan fingerprint density at radius 1 is 0.840 bits per heavy atom. The van der Waals surface area contributed by atoms with E-state index in [4.69, 9.17) is 30.1 Å². The zero-order chi connectivity index (χ0) is 18.0. The Kier molecular flexibility index (Phi) is 4.38. The number of hydrogen-bond acceptors (Lipinski definition) is 7. The molecule has 25 heavy (non-hydrogen) atoms. The molecule has 0 radical (unpaired) electrons. The third-order valence-corrected chi connectivity index (χ3v) is 3.88. The van der Waals surface area contributed by atoms with Crippen molar-refractivity contribution in [3.05, 3.63) is 36.7 Å². The molecule has 0 saturated carbocycles. The summed E-state index contributed by atoms with van der Waals surface area (Å²) in [6.45, 7) is 0. The zero-order valence-corrected chi connectivity index (χ0v) is 14.2. The molecule has 0 unspecified atom stereocenters. The van der Waals surface area contributed by atoms with Crippen molar-refractivity contribution < 1.29 is 18.6 Å². The van der Waals surface area contributed by atoms with E-state index in [1.807, 2.05) is 6.07 Å². The fraction of sp³-hybridized carbons (Fsp3) is 0.167. The van der Waals surface area contributed by atoms with Crippen molar-refractivity contribution in [1.82, 2.24) is 4.98 Å². The van der Waals surface area contributed by atoms with Crippen LogP contribution >= 0.6 is 0 Å². The van der Waals surface area contributed by atoms with Gasteiger partial charge in [0.15, 0.2) is 12.2 Å². The largest absolute Gasteiger partial charge is 0.495 e. The van der Waals surface area contributed by atoms with Gasteiger partial charge in [0.1, 0.15) is 28.6 Å². The summed E-state index contributed by atoms with van der Waals surface area (Å²) < 4.78 is 21.4. The summed E-state index contributed by atoms with van der Waals surface area (Å²) in [6.07, 6.45) is 1.38. The highest BCUT2D eigenvalue weighted by molar-refractivity contribution is 5.82. The van der Waals surface area contributed by atoms with Crippen LogP contribution in [-0.4, -0.2) is 26.3 Å². The van der Waals surface area contributed by atoms with Crippen molar-refractivity contribution in [2.75, 3.05) is 32.8 Å². The van der Waals surface area contributed by atoms with Crippen LogP contribution in [0, 0.1) is 0 Å². The molecule has 0 atom stereocenters. The molecule has 4 N–H and O–H groups in total. The highest BCUT2D eigenvalue weighted by Crippen LogP contribution is 2.40. The molecule has 130 valence electrons. The SMILES string of the molecule is COc1ccc(-c2ocnc2-c2cc(OC)c(N)c(OC)c2)cc1N. The number of nitrogen functional groups attached to an aromatic ring is 2. The summed E-state index contributed by atoms with van der Waals surface area (Å²) in [5, 5.41) is 0. The molecule has 0 aliphatic heterocycles. The van der Waals surface area contributed by atoms with Gasteiger partial charge in [-0.15, -0.1) is 0 Å². The highest BCUT2D eigenvalue weighted by atomic mass is 16.5. The average molecular weight is 341 g/mol. The molecule has 1 heterocycles. The summed E-state index contributed by atoms with van der Waals surface area (Å²) in [4.78, 5) is 4.32. The van der Waals surface area contributed by atoms with E-state index in [1.54, 1.807) is 45.6 Å². The first-order chi connectivity index (χ1) is 12.1. The fourth-order valence-corrected chi connectivity index (χ4v) is 2.61. The van der Waals surface area contributed by atoms with E-state index in [0.717, 1.165) is 11.1 Å². The van der Waals surface area contributed by atoms with Crippen LogP contribution in [0.25, 0.3) is 22.6 Å². The minimum Gasteiger partial charge on any atom is -0.495 e. The fourth-order valence-electron chi connectivity index (χ4n) is 2.61. The van der Waals surface area contributed by atoms with Gasteiger partial charge in [-0.25, -0.2) is 4.98 Å². The summed E-state index contributed by atoms with van der Waals surface area (Å²) >= 11 is 0. The first-order valence-electron chi connectivity index (χ1n) is 7.48. The van der Waals surface area contributed by atoms with Crippen LogP contribution < -0.4 is 25.7 Å². The van der Waals surface area contributed by atoms with Gasteiger partial charge in [0.05, 0.1) is 27.0 Å². The molecule has 0 aliphatic carbocycles. The molecule has 0 bridgehead atoms. The molecule has 0 spiro atoms. The Morgan fingerprint density at radius 2 is 1.48 bits per heavy atom. The number of nitrogens with zero attached hydrogens (tertiary/aromatic N) is 1. The van der Waals surface area contributed by atoms with Crippen LogP contribution in [0.3, 0.4) is 0 Å². The topological polar surface area (TPSA) is 106 Å². The van der Waals surface area contributed by atoms with Crippen molar-refractivity contribution in [2.45, 2.75) is 0 Å². The second kappa shape index (κ2) is 6.64. The van der Waals surface area contributed by atoms with Gasteiger partial charge in [-0.1, -0.05) is 0 Å². The van der Waals surface area contributed by atoms with Crippen molar-refractivity contribution in [3.63, 3.8) is 0 Å². The lowest BCUT2D eigenvalue weighted by Crippen LogP contribution is -1.98. The molecule has 0 saturated heterocycles. The van der Waals surface area contributed by atoms with E-state index in [0.29, 0.717) is 40.1 Å². The van der Waals surface area contributed by atoms with Gasteiger partial charge in [-0.3, -0.25) is 0 Å². The number of ether oxygens (including phenoxy) is 3. The number of aromatic nitrogens is 1. The molecule has 7 nitrogen and oxygen atoms in total. The quantitative estimate of drug-likeness (QED) is 0.686. The van der Waals surface area contributed by atoms with Gasteiger partial charge in [0.2, 0.25) is 0 Å². The van der Waals surface area contributed by atoms with Gasteiger partial charge in [-0.05, 0) is 30.3 Å². The maximum Gasteiger partial charge on any atom is 0.182 e. The lowest BCUT2D eigenvalue weighted by molar-refractivity contribution is 0.398. The third-order valence-electron chi connectivity index (χ3n) is 3.88. The molecule has 0 aliphatic rings. The number of oxazole rings is 1. The van der Waals surface area contributed by atoms with Crippen LogP contribution in [-0.2, 0) is 0 Å². The standard InChI is InChI=1S/C18H19N3O4/c1-22-13-5-4-10(6-12(13)19)18-17(21-9-25-18)11-7-14(23-2)16(20)15(8-11)24-3/h4-9H,19-20H2,1-3H3. The van der Waals surface area contributed by atoms with Gasteiger partial charge in [-0.2, -0.15) is 0 Å². The molecule has 0 amide bonds. The number of rotatable bonds is 5. The normalized spacial score (nSPS) is 10.5. The molecular formula is C18H19N3O4. The number of benzene rings is 2. The van der Waals surface area contributed by atoms with Crippen LogP contribution in [0.4, 0.5) is 11.4 Å². The van der Waals surface area contributed by atoms with E-state index >= 15 is 0 Å². The summed E-state index contributed by atoms with van der Waals surface area (Å²) in [6, 6.07) is 8.97. The van der Waals surface area contributed by atoms with E-state index in [9.17, 15) is 0 Å². The maximum atomic E-state index is 6.00. The summed E-state index contributed by atoms with van der Waals surface area (Å²) in [7, 11) is 4.66. The monoisotopic (exact) mass is 341 g/mol. The number of anilines is 2. The first-order valence-corrected chi connectivity index (χ1v) is 7.48. The summed E-state index contributed by atoms with van der Waals surface area (Å²) in [5.41, 5.74) is 15.1. The Balaban J connectivity index is 2.13. The molecule has 2 aromatic carbocycles. The second-order valence-electron chi connectivity index (χ2n) is 5.28. The molecule has 3 rings (SSSR count). The molecule has 3 aromatic rings. The van der Waals surface area contributed by atoms with Gasteiger partial charge >= 0.3 is 0 Å². The van der Waals surface area contributed by atoms with Crippen molar-refractivity contribution >= 4 is 11.4 Å². The molecule has 0 fully saturated rings. The Bertz CT molecular complexity index is 880. The lowest BCUT2D eigenvalue weighted by Gasteiger charge is -2.12. The van der Waals surface area contributed by atoms with Crippen molar-refractivity contribution in [1.29, 1.82) is 0 Å². The van der Waals surface area contributed by atoms with Crippen molar-refractivity contribution in [2.24, 2.45) is 0 Å². The smallest absolute Gasteiger partial charge is 0.182 e. The van der Waals surface area contributed by atoms with E-state index in [-0.39, 0.29) is 0 Å². The van der Waals surface area contributed by atoms with Gasteiger partial charge < -0.3 is 30.1 Å². The van der Waals surface area contributed by atoms with Crippen molar-refractivity contribution in [3.8, 4) is 39.8 Å². The summed E-state index contributed by atoms with van der Waals surface area (Å²) in [5.74, 6) is 2.17. The van der Waals surface area contributed by atoms with Crippen LogP contribution in [0.15, 0.2) is 41.1 Å². The third kappa shape index (κ3) is 2.91. The van der Waals surface area contributed by atoms with Crippen LogP contribution in [0.2, 0.25) is 0 Å². The highest BCUT2D eigenvalue weighted by Gasteiger charge is 2.18. The first kappa shape index (κ1) is 16.5. The van der Waals surface area contributed by atoms with E-state index in [2.05, 4.69) is 4.98 Å². The maximum absolute atomic E-state index is 6.00. The van der Waals surface area contributed by atoms with Gasteiger partial charge in [0.25, 0.3) is 0 Å². The number of nitrogens with two attached hydrogens (primary N) is 2. The Labute approximate surface area is 145 Å². The zero-order valence-electron chi connectivity index (χ0n) is 14.2. The molecule has 7 heteroatoms. The van der Waals surface area contributed by atoms with Crippen LogP contribution in [0.5, 0.6) is 17.2 Å². The minimum absolute atomic E-state index is 0.424. The van der Waals surface area contributed by atoms with E-state index in [1.165, 1.54) is 6.39 Å². The Morgan fingerprint density at radius 3 is 2.04 bits per heavy atom. The Hall–Kier alpha value is -3.35. The average Bonchev–Trinajstić information content (AvgIpc) is 3.11.